The number of hydrogen-bond acceptors (Lipinski definition) is 7. The van der Waals surface area contributed by atoms with Crippen LogP contribution < -0.4 is 14.8 Å². The van der Waals surface area contributed by atoms with Crippen LogP contribution in [-0.2, 0) is 30.2 Å². The fourth-order valence-corrected chi connectivity index (χ4v) is 6.14. The normalized spacial score (nSPS) is 15.9. The molecule has 12 heteroatoms. The number of rotatable bonds is 11. The molecule has 1 N–H and O–H groups in total. The van der Waals surface area contributed by atoms with Crippen LogP contribution in [0, 0.1) is 0 Å². The van der Waals surface area contributed by atoms with E-state index in [4.69, 9.17) is 9.47 Å². The van der Waals surface area contributed by atoms with Crippen LogP contribution in [0.4, 0.5) is 0 Å². The zero-order valence-corrected chi connectivity index (χ0v) is 25.9. The van der Waals surface area contributed by atoms with Crippen molar-refractivity contribution in [2.45, 2.75) is 50.8 Å². The highest BCUT2D eigenvalue weighted by molar-refractivity contribution is 7.88. The first-order valence-electron chi connectivity index (χ1n) is 14.5. The number of methoxy groups -OCH3 is 1. The monoisotopic (exact) mass is 609 g/mol. The summed E-state index contributed by atoms with van der Waals surface area (Å²) in [5.74, 6) is 1.30. The maximum Gasteiger partial charge on any atom is 0.269 e. The quantitative estimate of drug-likeness (QED) is 0.354. The Balaban J connectivity index is 1.15. The first-order valence-corrected chi connectivity index (χ1v) is 16.3. The lowest BCUT2D eigenvalue weighted by atomic mass is 10.0. The fourth-order valence-electron chi connectivity index (χ4n) is 5.38. The summed E-state index contributed by atoms with van der Waals surface area (Å²) >= 11 is 0. The molecule has 0 unspecified atom stereocenters. The Hall–Kier alpha value is -3.90. The molecule has 0 atom stereocenters. The van der Waals surface area contributed by atoms with E-state index >= 15 is 0 Å². The largest absolute Gasteiger partial charge is 0.493 e. The number of para-hydroxylation sites is 1. The maximum atomic E-state index is 13.0. The zero-order chi connectivity index (χ0) is 30.7. The summed E-state index contributed by atoms with van der Waals surface area (Å²) in [7, 11) is 1.68. The summed E-state index contributed by atoms with van der Waals surface area (Å²) in [4.78, 5) is 27.7. The average molecular weight is 610 g/mol. The van der Waals surface area contributed by atoms with Crippen molar-refractivity contribution in [2.75, 3.05) is 33.5 Å². The van der Waals surface area contributed by atoms with Gasteiger partial charge in [0.1, 0.15) is 12.3 Å². The second kappa shape index (κ2) is 12.8. The van der Waals surface area contributed by atoms with Gasteiger partial charge in [0.25, 0.3) is 11.8 Å². The molecule has 1 saturated carbocycles. The summed E-state index contributed by atoms with van der Waals surface area (Å²) in [5, 5.41) is 7.44. The molecule has 11 nitrogen and oxygen atoms in total. The average Bonchev–Trinajstić information content (AvgIpc) is 3.79. The van der Waals surface area contributed by atoms with Crippen molar-refractivity contribution in [1.82, 2.24) is 24.3 Å². The van der Waals surface area contributed by atoms with Crippen LogP contribution in [0.5, 0.6) is 11.5 Å². The van der Waals surface area contributed by atoms with Crippen LogP contribution in [0.3, 0.4) is 0 Å². The Labute approximate surface area is 252 Å². The molecule has 3 aromatic rings. The van der Waals surface area contributed by atoms with Gasteiger partial charge < -0.3 is 19.7 Å². The van der Waals surface area contributed by atoms with Gasteiger partial charge in [0.05, 0.1) is 19.1 Å². The summed E-state index contributed by atoms with van der Waals surface area (Å²) in [6.07, 6.45) is 4.67. The first-order chi connectivity index (χ1) is 20.5. The number of benzene rings is 2. The van der Waals surface area contributed by atoms with Crippen LogP contribution in [0.15, 0.2) is 48.5 Å². The van der Waals surface area contributed by atoms with E-state index in [0.717, 1.165) is 29.7 Å². The predicted molar refractivity (Wildman–Crippen MR) is 162 cm³/mol. The number of amides is 2. The molecule has 2 fully saturated rings. The van der Waals surface area contributed by atoms with Crippen molar-refractivity contribution in [1.29, 1.82) is 0 Å². The number of hydrogen-bond donors (Lipinski definition) is 1. The van der Waals surface area contributed by atoms with Crippen molar-refractivity contribution in [3.8, 4) is 11.5 Å². The lowest BCUT2D eigenvalue weighted by Gasteiger charge is -2.35. The molecule has 230 valence electrons. The van der Waals surface area contributed by atoms with Crippen molar-refractivity contribution in [2.24, 2.45) is 7.05 Å². The van der Waals surface area contributed by atoms with Crippen LogP contribution >= 0.6 is 0 Å². The van der Waals surface area contributed by atoms with Crippen molar-refractivity contribution >= 4 is 21.8 Å². The van der Waals surface area contributed by atoms with E-state index in [1.165, 1.54) is 10.6 Å². The number of aromatic nitrogens is 2. The first kappa shape index (κ1) is 30.6. The van der Waals surface area contributed by atoms with Crippen molar-refractivity contribution in [3.05, 3.63) is 76.6 Å². The minimum atomic E-state index is -3.26. The summed E-state index contributed by atoms with van der Waals surface area (Å²) in [6, 6.07) is 14.6. The van der Waals surface area contributed by atoms with Crippen LogP contribution in [0.2, 0.25) is 0 Å². The Kier molecular flexibility index (Phi) is 9.07. The summed E-state index contributed by atoms with van der Waals surface area (Å²) in [6.45, 7) is 1.55. The van der Waals surface area contributed by atoms with Crippen LogP contribution in [0.25, 0.3) is 0 Å². The number of sulfonamides is 1. The number of likely N-dealkylation sites (tertiary alicyclic amines) is 1. The minimum Gasteiger partial charge on any atom is -0.493 e. The highest BCUT2D eigenvalue weighted by Crippen LogP contribution is 2.39. The number of nitrogens with one attached hydrogen (secondary N) is 1. The zero-order valence-electron chi connectivity index (χ0n) is 25.1. The SMILES string of the molecule is COc1c(CNC(=O)c2cc(C3CC3)nn2C)cccc1OCc1ccc(C(=O)N2CCC(N(C)S(C)(=O)=O)CC2)cc1. The molecule has 1 aliphatic carbocycles. The Morgan fingerprint density at radius 3 is 2.40 bits per heavy atom. The topological polar surface area (TPSA) is 123 Å². The fraction of sp³-hybridized carbons (Fsp3) is 0.452. The second-order valence-electron chi connectivity index (χ2n) is 11.3. The molecule has 1 aliphatic heterocycles. The number of ether oxygens (including phenoxy) is 2. The summed E-state index contributed by atoms with van der Waals surface area (Å²) in [5.41, 5.74) is 3.74. The highest BCUT2D eigenvalue weighted by Gasteiger charge is 2.30. The third kappa shape index (κ3) is 7.19. The van der Waals surface area contributed by atoms with Gasteiger partial charge in [-0.05, 0) is 55.5 Å². The molecule has 2 heterocycles. The summed E-state index contributed by atoms with van der Waals surface area (Å²) < 4.78 is 38.4. The number of piperidine rings is 1. The van der Waals surface area contributed by atoms with E-state index in [9.17, 15) is 18.0 Å². The Bertz CT molecular complexity index is 1570. The van der Waals surface area contributed by atoms with Gasteiger partial charge >= 0.3 is 0 Å². The van der Waals surface area contributed by atoms with Gasteiger partial charge in [0.2, 0.25) is 10.0 Å². The van der Waals surface area contributed by atoms with E-state index in [2.05, 4.69) is 10.4 Å². The molecule has 0 spiro atoms. The van der Waals surface area contributed by atoms with Gasteiger partial charge in [-0.15, -0.1) is 0 Å². The van der Waals surface area contributed by atoms with E-state index in [1.54, 1.807) is 42.9 Å². The molecule has 1 saturated heterocycles. The number of carbonyl (C=O) groups is 2. The molecule has 2 amide bonds. The second-order valence-corrected chi connectivity index (χ2v) is 13.3. The molecule has 43 heavy (non-hydrogen) atoms. The predicted octanol–water partition coefficient (Wildman–Crippen LogP) is 3.31. The molecule has 1 aromatic heterocycles. The van der Waals surface area contributed by atoms with Gasteiger partial charge in [-0.3, -0.25) is 14.3 Å². The molecule has 0 radical (unpaired) electrons. The van der Waals surface area contributed by atoms with E-state index in [0.29, 0.717) is 54.6 Å². The van der Waals surface area contributed by atoms with Crippen LogP contribution in [-0.4, -0.2) is 78.8 Å². The number of carbonyl (C=O) groups excluding carboxylic acids is 2. The highest BCUT2D eigenvalue weighted by atomic mass is 32.2. The Morgan fingerprint density at radius 1 is 1.07 bits per heavy atom. The maximum absolute atomic E-state index is 13.0. The van der Waals surface area contributed by atoms with E-state index in [-0.39, 0.29) is 31.0 Å². The van der Waals surface area contributed by atoms with Crippen molar-refractivity contribution in [3.63, 3.8) is 0 Å². The van der Waals surface area contributed by atoms with Gasteiger partial charge in [0.15, 0.2) is 11.5 Å². The van der Waals surface area contributed by atoms with E-state index < -0.39 is 10.0 Å². The number of aryl methyl sites for hydroxylation is 1. The Morgan fingerprint density at radius 2 is 1.77 bits per heavy atom. The lowest BCUT2D eigenvalue weighted by molar-refractivity contribution is 0.0686. The van der Waals surface area contributed by atoms with Gasteiger partial charge in [-0.1, -0.05) is 24.3 Å². The molecule has 5 rings (SSSR count). The third-order valence-corrected chi connectivity index (χ3v) is 9.56. The standard InChI is InChI=1S/C31H39N5O6S/c1-34-27(18-26(33-34)22-12-13-22)30(37)32-19-24-6-5-7-28(29(24)41-3)42-20-21-8-10-23(11-9-21)31(38)36-16-14-25(15-17-36)35(2)43(4,39)40/h5-11,18,22,25H,12-17,19-20H2,1-4H3,(H,32,37). The van der Waals surface area contributed by atoms with Gasteiger partial charge in [-0.25, -0.2) is 12.7 Å². The van der Waals surface area contributed by atoms with Crippen LogP contribution in [0.1, 0.15) is 69.3 Å². The molecule has 2 aromatic carbocycles. The molecule has 0 bridgehead atoms. The van der Waals surface area contributed by atoms with Gasteiger partial charge in [0, 0.05) is 56.8 Å². The lowest BCUT2D eigenvalue weighted by Crippen LogP contribution is -2.47. The number of nitrogens with zero attached hydrogens (tertiary/aromatic N) is 4. The molecular formula is C31H39N5O6S. The van der Waals surface area contributed by atoms with Crippen molar-refractivity contribution < 1.29 is 27.5 Å². The van der Waals surface area contributed by atoms with E-state index in [1.807, 2.05) is 36.4 Å². The molecule has 2 aliphatic rings. The molecular weight excluding hydrogens is 570 g/mol. The smallest absolute Gasteiger partial charge is 0.269 e. The van der Waals surface area contributed by atoms with Gasteiger partial charge in [-0.2, -0.15) is 5.10 Å². The third-order valence-electron chi connectivity index (χ3n) is 8.22. The minimum absolute atomic E-state index is 0.0702.